The first-order chi connectivity index (χ1) is 8.94. The summed E-state index contributed by atoms with van der Waals surface area (Å²) in [7, 11) is -2.99. The number of pyridine rings is 1. The standard InChI is InChI=1S/C10H14Cl2N4O2S/c11-7-4-8(12)10(16-13)15-9(7)14-5-6-2-1-3-19(6,17)18/h4,6H,1-3,5,13H2,(H2,14,15,16). The predicted octanol–water partition coefficient (Wildman–Crippen LogP) is 1.66. The van der Waals surface area contributed by atoms with Crippen LogP contribution in [0, 0.1) is 0 Å². The molecule has 1 aromatic rings. The van der Waals surface area contributed by atoms with Gasteiger partial charge in [0.25, 0.3) is 0 Å². The highest BCUT2D eigenvalue weighted by Crippen LogP contribution is 2.29. The normalized spacial score (nSPS) is 21.3. The molecule has 1 fully saturated rings. The molecule has 1 saturated heterocycles. The summed E-state index contributed by atoms with van der Waals surface area (Å²) in [5.41, 5.74) is 2.35. The minimum atomic E-state index is -2.99. The van der Waals surface area contributed by atoms with Gasteiger partial charge in [-0.3, -0.25) is 0 Å². The lowest BCUT2D eigenvalue weighted by Gasteiger charge is -2.13. The summed E-state index contributed by atoms with van der Waals surface area (Å²) in [4.78, 5) is 4.09. The van der Waals surface area contributed by atoms with Gasteiger partial charge in [-0.2, -0.15) is 0 Å². The molecule has 1 aromatic heterocycles. The predicted molar refractivity (Wildman–Crippen MR) is 77.4 cm³/mol. The Bertz CT molecular complexity index is 579. The van der Waals surface area contributed by atoms with Crippen LogP contribution >= 0.6 is 23.2 Å². The lowest BCUT2D eigenvalue weighted by atomic mass is 10.2. The molecule has 4 N–H and O–H groups in total. The van der Waals surface area contributed by atoms with Gasteiger partial charge in [0.15, 0.2) is 15.7 Å². The molecule has 0 bridgehead atoms. The maximum atomic E-state index is 11.7. The molecule has 0 radical (unpaired) electrons. The Morgan fingerprint density at radius 3 is 2.63 bits per heavy atom. The summed E-state index contributed by atoms with van der Waals surface area (Å²) in [6.07, 6.45) is 1.36. The highest BCUT2D eigenvalue weighted by molar-refractivity contribution is 7.92. The number of nitrogens with one attached hydrogen (secondary N) is 2. The number of hydrazine groups is 1. The van der Waals surface area contributed by atoms with Crippen LogP contribution in [0.2, 0.25) is 10.0 Å². The van der Waals surface area contributed by atoms with Crippen LogP contribution in [0.25, 0.3) is 0 Å². The average molecular weight is 325 g/mol. The van der Waals surface area contributed by atoms with Gasteiger partial charge in [-0.05, 0) is 18.9 Å². The molecule has 2 heterocycles. The fraction of sp³-hybridized carbons (Fsp3) is 0.500. The van der Waals surface area contributed by atoms with Crippen LogP contribution in [0.15, 0.2) is 6.07 Å². The molecule has 0 saturated carbocycles. The average Bonchev–Trinajstić information content (AvgIpc) is 2.67. The van der Waals surface area contributed by atoms with E-state index in [9.17, 15) is 8.42 Å². The first-order valence-corrected chi connectivity index (χ1v) is 8.19. The van der Waals surface area contributed by atoms with Crippen molar-refractivity contribution in [2.45, 2.75) is 18.1 Å². The van der Waals surface area contributed by atoms with Crippen molar-refractivity contribution in [2.75, 3.05) is 23.0 Å². The largest absolute Gasteiger partial charge is 0.367 e. The zero-order valence-electron chi connectivity index (χ0n) is 9.99. The van der Waals surface area contributed by atoms with Crippen molar-refractivity contribution in [3.05, 3.63) is 16.1 Å². The highest BCUT2D eigenvalue weighted by atomic mass is 35.5. The van der Waals surface area contributed by atoms with Crippen molar-refractivity contribution in [1.82, 2.24) is 4.98 Å². The molecule has 0 spiro atoms. The third-order valence-corrected chi connectivity index (χ3v) is 5.88. The summed E-state index contributed by atoms with van der Waals surface area (Å²) >= 11 is 11.8. The van der Waals surface area contributed by atoms with Gasteiger partial charge < -0.3 is 10.7 Å². The first kappa shape index (κ1) is 14.6. The number of nitrogen functional groups attached to an aromatic ring is 1. The van der Waals surface area contributed by atoms with Crippen LogP contribution in [0.1, 0.15) is 12.8 Å². The van der Waals surface area contributed by atoms with Crippen LogP contribution < -0.4 is 16.6 Å². The van der Waals surface area contributed by atoms with Crippen LogP contribution in [-0.4, -0.2) is 30.9 Å². The topological polar surface area (TPSA) is 97.1 Å². The summed E-state index contributed by atoms with van der Waals surface area (Å²) in [5.74, 6) is 6.16. The molecule has 1 atom stereocenters. The van der Waals surface area contributed by atoms with Crippen molar-refractivity contribution in [2.24, 2.45) is 5.84 Å². The SMILES string of the molecule is NNc1nc(NCC2CCCS2(=O)=O)c(Cl)cc1Cl. The lowest BCUT2D eigenvalue weighted by Crippen LogP contribution is -2.25. The van der Waals surface area contributed by atoms with Crippen molar-refractivity contribution in [3.8, 4) is 0 Å². The first-order valence-electron chi connectivity index (χ1n) is 5.72. The van der Waals surface area contributed by atoms with Crippen LogP contribution in [0.3, 0.4) is 0 Å². The lowest BCUT2D eigenvalue weighted by molar-refractivity contribution is 0.591. The van der Waals surface area contributed by atoms with E-state index in [0.29, 0.717) is 28.7 Å². The van der Waals surface area contributed by atoms with Crippen molar-refractivity contribution in [1.29, 1.82) is 0 Å². The van der Waals surface area contributed by atoms with Crippen molar-refractivity contribution >= 4 is 44.7 Å². The van der Waals surface area contributed by atoms with Crippen molar-refractivity contribution < 1.29 is 8.42 Å². The molecule has 1 aliphatic rings. The molecule has 2 rings (SSSR count). The van der Waals surface area contributed by atoms with Gasteiger partial charge in [0.1, 0.15) is 5.82 Å². The van der Waals surface area contributed by atoms with E-state index in [1.165, 1.54) is 6.07 Å². The highest BCUT2D eigenvalue weighted by Gasteiger charge is 2.31. The van der Waals surface area contributed by atoms with Gasteiger partial charge in [0, 0.05) is 6.54 Å². The number of sulfone groups is 1. The molecule has 9 heteroatoms. The monoisotopic (exact) mass is 324 g/mol. The van der Waals surface area contributed by atoms with Gasteiger partial charge in [-0.15, -0.1) is 0 Å². The Morgan fingerprint density at radius 1 is 1.37 bits per heavy atom. The summed E-state index contributed by atoms with van der Waals surface area (Å²) in [6.45, 7) is 0.278. The fourth-order valence-corrected chi connectivity index (χ4v) is 4.24. The Balaban J connectivity index is 2.11. The van der Waals surface area contributed by atoms with E-state index in [1.807, 2.05) is 0 Å². The van der Waals surface area contributed by atoms with Crippen LogP contribution in [-0.2, 0) is 9.84 Å². The number of aromatic nitrogens is 1. The Kier molecular flexibility index (Phi) is 4.39. The van der Waals surface area contributed by atoms with Crippen LogP contribution in [0.5, 0.6) is 0 Å². The zero-order valence-corrected chi connectivity index (χ0v) is 12.3. The molecule has 0 aliphatic carbocycles. The Hall–Kier alpha value is -0.760. The number of halogens is 2. The smallest absolute Gasteiger partial charge is 0.161 e. The quantitative estimate of drug-likeness (QED) is 0.575. The van der Waals surface area contributed by atoms with E-state index in [4.69, 9.17) is 29.0 Å². The number of hydrogen-bond acceptors (Lipinski definition) is 6. The Labute approximate surface area is 121 Å². The van der Waals surface area contributed by atoms with E-state index in [-0.39, 0.29) is 18.1 Å². The van der Waals surface area contributed by atoms with E-state index in [1.54, 1.807) is 0 Å². The minimum absolute atomic E-state index is 0.247. The third kappa shape index (κ3) is 3.22. The van der Waals surface area contributed by atoms with Gasteiger partial charge in [0.2, 0.25) is 0 Å². The Morgan fingerprint density at radius 2 is 2.05 bits per heavy atom. The number of nitrogens with zero attached hydrogens (tertiary/aromatic N) is 1. The van der Waals surface area contributed by atoms with Crippen molar-refractivity contribution in [3.63, 3.8) is 0 Å². The number of hydrogen-bond donors (Lipinski definition) is 3. The van der Waals surface area contributed by atoms with E-state index < -0.39 is 15.1 Å². The molecular weight excluding hydrogens is 311 g/mol. The van der Waals surface area contributed by atoms with Gasteiger partial charge in [-0.1, -0.05) is 23.2 Å². The molecule has 0 amide bonds. The van der Waals surface area contributed by atoms with Crippen LogP contribution in [0.4, 0.5) is 11.6 Å². The van der Waals surface area contributed by atoms with Gasteiger partial charge in [0.05, 0.1) is 21.0 Å². The second-order valence-corrected chi connectivity index (χ2v) is 7.52. The second-order valence-electron chi connectivity index (χ2n) is 4.31. The molecule has 0 aromatic carbocycles. The maximum Gasteiger partial charge on any atom is 0.161 e. The molecule has 106 valence electrons. The van der Waals surface area contributed by atoms with E-state index in [0.717, 1.165) is 0 Å². The third-order valence-electron chi connectivity index (χ3n) is 3.03. The molecule has 19 heavy (non-hydrogen) atoms. The molecule has 6 nitrogen and oxygen atoms in total. The fourth-order valence-electron chi connectivity index (χ4n) is 1.99. The molecule has 1 aliphatic heterocycles. The maximum absolute atomic E-state index is 11.7. The number of rotatable bonds is 4. The molecular formula is C10H14Cl2N4O2S. The summed E-state index contributed by atoms with van der Waals surface area (Å²) < 4.78 is 23.4. The zero-order chi connectivity index (χ0) is 14.0. The molecule has 1 unspecified atom stereocenters. The second kappa shape index (κ2) is 5.70. The minimum Gasteiger partial charge on any atom is -0.367 e. The summed E-state index contributed by atoms with van der Waals surface area (Å²) in [6, 6.07) is 1.50. The van der Waals surface area contributed by atoms with E-state index >= 15 is 0 Å². The number of nitrogens with two attached hydrogens (primary N) is 1. The van der Waals surface area contributed by atoms with Gasteiger partial charge in [-0.25, -0.2) is 19.2 Å². The van der Waals surface area contributed by atoms with E-state index in [2.05, 4.69) is 15.7 Å². The number of anilines is 2. The summed E-state index contributed by atoms with van der Waals surface area (Å²) in [5, 5.41) is 3.16. The van der Waals surface area contributed by atoms with Gasteiger partial charge >= 0.3 is 0 Å².